The molecule has 3 nitrogen and oxygen atoms in total. The van der Waals surface area contributed by atoms with E-state index in [0.717, 1.165) is 30.5 Å². The molecule has 98 valence electrons. The van der Waals surface area contributed by atoms with Crippen LogP contribution in [0.4, 0.5) is 5.69 Å². The normalized spacial score (nSPS) is 24.1. The Morgan fingerprint density at radius 1 is 1.39 bits per heavy atom. The SMILES string of the molecule is Cc1ccc(N)cc1C(=O)N1CCC(C)CC1C. The highest BCUT2D eigenvalue weighted by atomic mass is 16.2. The second kappa shape index (κ2) is 5.01. The van der Waals surface area contributed by atoms with Crippen molar-refractivity contribution in [2.24, 2.45) is 5.92 Å². The number of hydrogen-bond donors (Lipinski definition) is 1. The Kier molecular flexibility index (Phi) is 3.60. The van der Waals surface area contributed by atoms with Gasteiger partial charge in [-0.15, -0.1) is 0 Å². The van der Waals surface area contributed by atoms with E-state index in [-0.39, 0.29) is 5.91 Å². The highest BCUT2D eigenvalue weighted by Gasteiger charge is 2.28. The predicted octanol–water partition coefficient (Wildman–Crippen LogP) is 2.84. The Labute approximate surface area is 109 Å². The van der Waals surface area contributed by atoms with Crippen molar-refractivity contribution < 1.29 is 4.79 Å². The molecule has 2 N–H and O–H groups in total. The number of nitrogens with zero attached hydrogens (tertiary/aromatic N) is 1. The molecule has 1 heterocycles. The summed E-state index contributed by atoms with van der Waals surface area (Å²) in [5, 5.41) is 0. The van der Waals surface area contributed by atoms with Gasteiger partial charge in [0.2, 0.25) is 0 Å². The summed E-state index contributed by atoms with van der Waals surface area (Å²) in [7, 11) is 0. The largest absolute Gasteiger partial charge is 0.399 e. The molecule has 0 radical (unpaired) electrons. The van der Waals surface area contributed by atoms with E-state index in [4.69, 9.17) is 5.73 Å². The van der Waals surface area contributed by atoms with E-state index in [2.05, 4.69) is 13.8 Å². The van der Waals surface area contributed by atoms with E-state index in [1.54, 1.807) is 6.07 Å². The summed E-state index contributed by atoms with van der Waals surface area (Å²) in [5.41, 5.74) is 8.18. The van der Waals surface area contributed by atoms with Crippen LogP contribution < -0.4 is 5.73 Å². The number of amides is 1. The van der Waals surface area contributed by atoms with Crippen molar-refractivity contribution in [2.45, 2.75) is 39.7 Å². The molecule has 1 amide bonds. The third kappa shape index (κ3) is 2.50. The van der Waals surface area contributed by atoms with Crippen molar-refractivity contribution in [1.82, 2.24) is 4.90 Å². The summed E-state index contributed by atoms with van der Waals surface area (Å²) in [6.45, 7) is 7.21. The molecule has 2 rings (SSSR count). The molecule has 1 aliphatic rings. The second-order valence-corrected chi connectivity index (χ2v) is 5.55. The van der Waals surface area contributed by atoms with Gasteiger partial charge < -0.3 is 10.6 Å². The maximum Gasteiger partial charge on any atom is 0.254 e. The van der Waals surface area contributed by atoms with Crippen LogP contribution >= 0.6 is 0 Å². The summed E-state index contributed by atoms with van der Waals surface area (Å²) < 4.78 is 0. The number of anilines is 1. The topological polar surface area (TPSA) is 46.3 Å². The lowest BCUT2D eigenvalue weighted by atomic mass is 9.92. The number of benzene rings is 1. The molecule has 1 aromatic carbocycles. The van der Waals surface area contributed by atoms with Crippen molar-refractivity contribution in [3.05, 3.63) is 29.3 Å². The zero-order valence-electron chi connectivity index (χ0n) is 11.4. The van der Waals surface area contributed by atoms with Crippen LogP contribution in [0, 0.1) is 12.8 Å². The van der Waals surface area contributed by atoms with E-state index in [1.807, 2.05) is 24.0 Å². The van der Waals surface area contributed by atoms with Crippen LogP contribution in [0.5, 0.6) is 0 Å². The Balaban J connectivity index is 2.23. The molecule has 0 aliphatic carbocycles. The van der Waals surface area contributed by atoms with Crippen molar-refractivity contribution >= 4 is 11.6 Å². The standard InChI is InChI=1S/C15H22N2O/c1-10-6-7-17(12(3)8-10)15(18)14-9-13(16)5-4-11(14)2/h4-5,9-10,12H,6-8,16H2,1-3H3. The maximum atomic E-state index is 12.6. The van der Waals surface area contributed by atoms with Gasteiger partial charge in [-0.3, -0.25) is 4.79 Å². The van der Waals surface area contributed by atoms with Crippen LogP contribution in [0.1, 0.15) is 42.6 Å². The van der Waals surface area contributed by atoms with Crippen molar-refractivity contribution in [3.8, 4) is 0 Å². The summed E-state index contributed by atoms with van der Waals surface area (Å²) in [6.07, 6.45) is 2.19. The molecule has 1 fully saturated rings. The van der Waals surface area contributed by atoms with E-state index < -0.39 is 0 Å². The molecular weight excluding hydrogens is 224 g/mol. The average molecular weight is 246 g/mol. The van der Waals surface area contributed by atoms with Crippen molar-refractivity contribution in [2.75, 3.05) is 12.3 Å². The third-order valence-electron chi connectivity index (χ3n) is 3.89. The lowest BCUT2D eigenvalue weighted by Crippen LogP contribution is -2.44. The van der Waals surface area contributed by atoms with Crippen LogP contribution in [-0.4, -0.2) is 23.4 Å². The van der Waals surface area contributed by atoms with E-state index in [1.165, 1.54) is 0 Å². The van der Waals surface area contributed by atoms with E-state index >= 15 is 0 Å². The average Bonchev–Trinajstić information content (AvgIpc) is 2.31. The number of piperidine rings is 1. The van der Waals surface area contributed by atoms with Gasteiger partial charge in [0.15, 0.2) is 0 Å². The Morgan fingerprint density at radius 3 is 2.78 bits per heavy atom. The number of hydrogen-bond acceptors (Lipinski definition) is 2. The highest BCUT2D eigenvalue weighted by Crippen LogP contribution is 2.25. The summed E-state index contributed by atoms with van der Waals surface area (Å²) in [6, 6.07) is 5.87. The molecule has 0 spiro atoms. The fourth-order valence-electron chi connectivity index (χ4n) is 2.73. The van der Waals surface area contributed by atoms with Crippen LogP contribution in [0.3, 0.4) is 0 Å². The van der Waals surface area contributed by atoms with E-state index in [0.29, 0.717) is 17.6 Å². The van der Waals surface area contributed by atoms with Gasteiger partial charge in [0.25, 0.3) is 5.91 Å². The lowest BCUT2D eigenvalue weighted by molar-refractivity contribution is 0.0588. The van der Waals surface area contributed by atoms with Gasteiger partial charge in [0.05, 0.1) is 0 Å². The predicted molar refractivity (Wildman–Crippen MR) is 74.5 cm³/mol. The van der Waals surface area contributed by atoms with E-state index in [9.17, 15) is 4.79 Å². The van der Waals surface area contributed by atoms with Crippen LogP contribution in [-0.2, 0) is 0 Å². The smallest absolute Gasteiger partial charge is 0.254 e. The molecule has 1 aliphatic heterocycles. The number of nitrogens with two attached hydrogens (primary N) is 1. The summed E-state index contributed by atoms with van der Waals surface area (Å²) in [4.78, 5) is 14.5. The molecular formula is C15H22N2O. The monoisotopic (exact) mass is 246 g/mol. The third-order valence-corrected chi connectivity index (χ3v) is 3.89. The second-order valence-electron chi connectivity index (χ2n) is 5.55. The van der Waals surface area contributed by atoms with Gasteiger partial charge in [-0.25, -0.2) is 0 Å². The minimum absolute atomic E-state index is 0.124. The van der Waals surface area contributed by atoms with Crippen LogP contribution in [0.25, 0.3) is 0 Å². The van der Waals surface area contributed by atoms with Crippen molar-refractivity contribution in [1.29, 1.82) is 0 Å². The molecule has 2 atom stereocenters. The zero-order valence-corrected chi connectivity index (χ0v) is 11.4. The first-order valence-electron chi connectivity index (χ1n) is 6.66. The van der Waals surface area contributed by atoms with Gasteiger partial charge in [-0.1, -0.05) is 13.0 Å². The number of rotatable bonds is 1. The number of likely N-dealkylation sites (tertiary alicyclic amines) is 1. The molecule has 1 saturated heterocycles. The van der Waals surface area contributed by atoms with Crippen LogP contribution in [0.15, 0.2) is 18.2 Å². The van der Waals surface area contributed by atoms with Gasteiger partial charge >= 0.3 is 0 Å². The van der Waals surface area contributed by atoms with Gasteiger partial charge in [-0.2, -0.15) is 0 Å². The highest BCUT2D eigenvalue weighted by molar-refractivity contribution is 5.96. The molecule has 1 aromatic rings. The fraction of sp³-hybridized carbons (Fsp3) is 0.533. The minimum atomic E-state index is 0.124. The summed E-state index contributed by atoms with van der Waals surface area (Å²) in [5.74, 6) is 0.838. The first-order chi connectivity index (χ1) is 8.49. The van der Waals surface area contributed by atoms with Gasteiger partial charge in [-0.05, 0) is 50.3 Å². The fourth-order valence-corrected chi connectivity index (χ4v) is 2.73. The molecule has 0 saturated carbocycles. The Morgan fingerprint density at radius 2 is 2.11 bits per heavy atom. The molecule has 2 unspecified atom stereocenters. The molecule has 0 aromatic heterocycles. The maximum absolute atomic E-state index is 12.6. The zero-order chi connectivity index (χ0) is 13.3. The first kappa shape index (κ1) is 12.9. The van der Waals surface area contributed by atoms with Crippen LogP contribution in [0.2, 0.25) is 0 Å². The van der Waals surface area contributed by atoms with Crippen molar-refractivity contribution in [3.63, 3.8) is 0 Å². The molecule has 18 heavy (non-hydrogen) atoms. The number of carbonyl (C=O) groups excluding carboxylic acids is 1. The Bertz CT molecular complexity index is 456. The number of carbonyl (C=O) groups is 1. The quantitative estimate of drug-likeness (QED) is 0.774. The summed E-state index contributed by atoms with van der Waals surface area (Å²) >= 11 is 0. The molecule has 3 heteroatoms. The Hall–Kier alpha value is -1.51. The number of nitrogen functional groups attached to an aromatic ring is 1. The first-order valence-corrected chi connectivity index (χ1v) is 6.66. The van der Waals surface area contributed by atoms with Gasteiger partial charge in [0.1, 0.15) is 0 Å². The molecule has 0 bridgehead atoms. The van der Waals surface area contributed by atoms with Gasteiger partial charge in [0, 0.05) is 23.8 Å². The minimum Gasteiger partial charge on any atom is -0.399 e. The number of aryl methyl sites for hydroxylation is 1. The lowest BCUT2D eigenvalue weighted by Gasteiger charge is -2.36.